The van der Waals surface area contributed by atoms with Crippen LogP contribution in [-0.2, 0) is 16.5 Å². The predicted molar refractivity (Wildman–Crippen MR) is 157 cm³/mol. The van der Waals surface area contributed by atoms with Gasteiger partial charge in [0.1, 0.15) is 11.4 Å². The van der Waals surface area contributed by atoms with E-state index < -0.39 is 11.8 Å². The summed E-state index contributed by atoms with van der Waals surface area (Å²) in [6, 6.07) is 12.2. The number of ether oxygens (including phenoxy) is 2. The van der Waals surface area contributed by atoms with Gasteiger partial charge >= 0.3 is 5.97 Å². The first-order valence-corrected chi connectivity index (χ1v) is 14.8. The fourth-order valence-corrected chi connectivity index (χ4v) is 6.06. The first kappa shape index (κ1) is 28.7. The van der Waals surface area contributed by atoms with Crippen LogP contribution in [0, 0.1) is 5.82 Å². The minimum Gasteiger partial charge on any atom is -0.462 e. The lowest BCUT2D eigenvalue weighted by atomic mass is 10.0. The number of benzene rings is 2. The average Bonchev–Trinajstić information content (AvgIpc) is 3.33. The molecule has 2 aromatic carbocycles. The van der Waals surface area contributed by atoms with E-state index in [1.807, 2.05) is 38.4 Å². The molecule has 0 N–H and O–H groups in total. The predicted octanol–water partition coefficient (Wildman–Crippen LogP) is 4.90. The van der Waals surface area contributed by atoms with Crippen molar-refractivity contribution < 1.29 is 23.5 Å². The van der Waals surface area contributed by atoms with Crippen LogP contribution < -0.4 is 0 Å². The maximum Gasteiger partial charge on any atom is 0.341 e. The molecule has 43 heavy (non-hydrogen) atoms. The topological polar surface area (TPSA) is 104 Å². The van der Waals surface area contributed by atoms with Crippen LogP contribution in [0.2, 0.25) is 0 Å². The first-order valence-electron chi connectivity index (χ1n) is 14.8. The van der Waals surface area contributed by atoms with Crippen molar-refractivity contribution in [3.8, 4) is 16.8 Å². The molecule has 6 rings (SSSR count). The molecule has 4 aromatic rings. The first-order chi connectivity index (χ1) is 20.9. The molecule has 0 bridgehead atoms. The van der Waals surface area contributed by atoms with Crippen LogP contribution in [0.4, 0.5) is 4.39 Å². The van der Waals surface area contributed by atoms with Gasteiger partial charge < -0.3 is 14.4 Å². The fraction of sp³-hybridized carbons (Fsp3) is 0.406. The van der Waals surface area contributed by atoms with E-state index in [0.29, 0.717) is 42.1 Å². The molecule has 3 atom stereocenters. The number of esters is 1. The summed E-state index contributed by atoms with van der Waals surface area (Å²) >= 11 is 0. The monoisotopic (exact) mass is 586 g/mol. The molecule has 1 saturated heterocycles. The Labute approximate surface area is 249 Å². The van der Waals surface area contributed by atoms with Gasteiger partial charge in [-0.3, -0.25) is 9.48 Å². The number of halogens is 1. The van der Waals surface area contributed by atoms with E-state index in [0.717, 1.165) is 30.7 Å². The van der Waals surface area contributed by atoms with Crippen molar-refractivity contribution in [2.75, 3.05) is 26.4 Å². The van der Waals surface area contributed by atoms with Gasteiger partial charge in [0.2, 0.25) is 0 Å². The van der Waals surface area contributed by atoms with E-state index in [4.69, 9.17) is 9.47 Å². The standard InChI is InChI=1S/C32H35FN6O4/c1-4-42-19-22-11-8-14-38(22)31(40)24-13-7-12-23(29(24)33)20-9-6-10-21(15-20)39-30(27(17-34-39)32(41)43-5-2)26-16-25(26)28-18-37(3)36-35-28/h6-7,9-10,12-13,15,17-18,22,25-26H,4-5,8,11,14,16,19H2,1-3H3. The van der Waals surface area contributed by atoms with E-state index >= 15 is 4.39 Å². The maximum absolute atomic E-state index is 16.1. The van der Waals surface area contributed by atoms with Gasteiger partial charge in [-0.25, -0.2) is 13.9 Å². The van der Waals surface area contributed by atoms with Gasteiger partial charge in [-0.05, 0) is 56.9 Å². The molecule has 0 spiro atoms. The summed E-state index contributed by atoms with van der Waals surface area (Å²) in [5, 5.41) is 12.9. The number of carbonyl (C=O) groups excluding carboxylic acids is 2. The van der Waals surface area contributed by atoms with Gasteiger partial charge in [0.25, 0.3) is 5.91 Å². The Balaban J connectivity index is 1.33. The third kappa shape index (κ3) is 5.56. The number of likely N-dealkylation sites (tertiary alicyclic amines) is 1. The summed E-state index contributed by atoms with van der Waals surface area (Å²) in [5.74, 6) is -1.24. The number of rotatable bonds is 10. The highest BCUT2D eigenvalue weighted by molar-refractivity contribution is 5.96. The minimum atomic E-state index is -0.565. The normalized spacial score (nSPS) is 19.5. The molecule has 10 nitrogen and oxygen atoms in total. The smallest absolute Gasteiger partial charge is 0.341 e. The highest BCUT2D eigenvalue weighted by atomic mass is 19.1. The lowest BCUT2D eigenvalue weighted by molar-refractivity contribution is 0.0524. The Morgan fingerprint density at radius 2 is 1.91 bits per heavy atom. The van der Waals surface area contributed by atoms with Crippen LogP contribution in [0.5, 0.6) is 0 Å². The van der Waals surface area contributed by atoms with E-state index in [1.165, 1.54) is 12.3 Å². The number of amides is 1. The van der Waals surface area contributed by atoms with Crippen molar-refractivity contribution in [1.29, 1.82) is 0 Å². The van der Waals surface area contributed by atoms with Crippen molar-refractivity contribution in [3.63, 3.8) is 0 Å². The molecule has 224 valence electrons. The fourth-order valence-electron chi connectivity index (χ4n) is 6.06. The number of aryl methyl sites for hydroxylation is 1. The summed E-state index contributed by atoms with van der Waals surface area (Å²) < 4.78 is 30.4. The Morgan fingerprint density at radius 1 is 1.07 bits per heavy atom. The van der Waals surface area contributed by atoms with Crippen LogP contribution in [-0.4, -0.2) is 74.0 Å². The van der Waals surface area contributed by atoms with Crippen LogP contribution in [0.25, 0.3) is 16.8 Å². The van der Waals surface area contributed by atoms with Crippen molar-refractivity contribution in [2.45, 2.75) is 51.0 Å². The van der Waals surface area contributed by atoms with Crippen molar-refractivity contribution in [2.24, 2.45) is 7.05 Å². The summed E-state index contributed by atoms with van der Waals surface area (Å²) in [6.07, 6.45) is 5.91. The second kappa shape index (κ2) is 12.1. The third-order valence-corrected chi connectivity index (χ3v) is 8.23. The Bertz CT molecular complexity index is 1650. The van der Waals surface area contributed by atoms with Gasteiger partial charge in [-0.15, -0.1) is 5.10 Å². The van der Waals surface area contributed by atoms with E-state index in [-0.39, 0.29) is 36.0 Å². The van der Waals surface area contributed by atoms with Crippen LogP contribution in [0.1, 0.15) is 77.0 Å². The minimum absolute atomic E-state index is 0.00922. The SMILES string of the molecule is CCOCC1CCCN1C(=O)c1cccc(-c2cccc(-n3ncc(C(=O)OCC)c3C3CC3c3cn(C)nn3)c2)c1F. The van der Waals surface area contributed by atoms with Gasteiger partial charge in [0.15, 0.2) is 0 Å². The largest absolute Gasteiger partial charge is 0.462 e. The number of nitrogens with zero attached hydrogens (tertiary/aromatic N) is 6. The molecular weight excluding hydrogens is 551 g/mol. The van der Waals surface area contributed by atoms with Crippen LogP contribution in [0.15, 0.2) is 54.9 Å². The van der Waals surface area contributed by atoms with Gasteiger partial charge in [-0.2, -0.15) is 5.10 Å². The summed E-state index contributed by atoms with van der Waals surface area (Å²) in [7, 11) is 1.82. The summed E-state index contributed by atoms with van der Waals surface area (Å²) in [5.41, 5.74) is 3.60. The van der Waals surface area contributed by atoms with E-state index in [9.17, 15) is 9.59 Å². The molecule has 2 fully saturated rings. The average molecular weight is 587 g/mol. The molecule has 1 saturated carbocycles. The second-order valence-corrected chi connectivity index (χ2v) is 11.0. The Hall–Kier alpha value is -4.38. The number of aromatic nitrogens is 5. The highest BCUT2D eigenvalue weighted by Gasteiger charge is 2.46. The van der Waals surface area contributed by atoms with Gasteiger partial charge in [-0.1, -0.05) is 29.5 Å². The molecular formula is C32H35FN6O4. The number of hydrogen-bond donors (Lipinski definition) is 0. The lowest BCUT2D eigenvalue weighted by Crippen LogP contribution is -2.38. The third-order valence-electron chi connectivity index (χ3n) is 8.23. The zero-order valence-corrected chi connectivity index (χ0v) is 24.6. The van der Waals surface area contributed by atoms with Crippen molar-refractivity contribution >= 4 is 11.9 Å². The molecule has 1 amide bonds. The Kier molecular flexibility index (Phi) is 8.07. The maximum atomic E-state index is 16.1. The number of hydrogen-bond acceptors (Lipinski definition) is 7. The van der Waals surface area contributed by atoms with Crippen LogP contribution >= 0.6 is 0 Å². The summed E-state index contributed by atoms with van der Waals surface area (Å²) in [6.45, 7) is 5.53. The molecule has 3 heterocycles. The van der Waals surface area contributed by atoms with Crippen molar-refractivity contribution in [3.05, 3.63) is 83.2 Å². The Morgan fingerprint density at radius 3 is 2.67 bits per heavy atom. The number of carbonyl (C=O) groups is 2. The molecule has 2 aromatic heterocycles. The molecule has 1 aliphatic carbocycles. The molecule has 11 heteroatoms. The summed E-state index contributed by atoms with van der Waals surface area (Å²) in [4.78, 5) is 28.1. The lowest BCUT2D eigenvalue weighted by Gasteiger charge is -2.25. The van der Waals surface area contributed by atoms with Crippen LogP contribution in [0.3, 0.4) is 0 Å². The van der Waals surface area contributed by atoms with E-state index in [2.05, 4.69) is 15.4 Å². The molecule has 2 aliphatic rings. The second-order valence-electron chi connectivity index (χ2n) is 11.0. The van der Waals surface area contributed by atoms with Crippen molar-refractivity contribution in [1.82, 2.24) is 29.7 Å². The zero-order valence-electron chi connectivity index (χ0n) is 24.6. The molecule has 3 unspecified atom stereocenters. The highest BCUT2D eigenvalue weighted by Crippen LogP contribution is 2.55. The van der Waals surface area contributed by atoms with Gasteiger partial charge in [0.05, 0.1) is 48.1 Å². The molecule has 1 aliphatic heterocycles. The van der Waals surface area contributed by atoms with E-state index in [1.54, 1.807) is 39.4 Å². The molecule has 0 radical (unpaired) electrons. The van der Waals surface area contributed by atoms with Gasteiger partial charge in [0, 0.05) is 43.8 Å². The zero-order chi connectivity index (χ0) is 30.1. The quantitative estimate of drug-likeness (QED) is 0.244.